The first-order chi connectivity index (χ1) is 15.8. The van der Waals surface area contributed by atoms with Gasteiger partial charge in [0.05, 0.1) is 17.4 Å². The number of nitrogens with one attached hydrogen (secondary N) is 2. The molecule has 33 heavy (non-hydrogen) atoms. The van der Waals surface area contributed by atoms with Crippen molar-refractivity contribution >= 4 is 33.7 Å². The van der Waals surface area contributed by atoms with Crippen molar-refractivity contribution in [2.75, 3.05) is 5.32 Å². The van der Waals surface area contributed by atoms with E-state index in [-0.39, 0.29) is 23.3 Å². The van der Waals surface area contributed by atoms with E-state index in [0.29, 0.717) is 16.9 Å². The third kappa shape index (κ3) is 4.02. The number of benzene rings is 1. The van der Waals surface area contributed by atoms with Crippen molar-refractivity contribution in [2.24, 2.45) is 0 Å². The molecule has 166 valence electrons. The summed E-state index contributed by atoms with van der Waals surface area (Å²) < 4.78 is 54.7. The second kappa shape index (κ2) is 7.73. The van der Waals surface area contributed by atoms with Crippen LogP contribution in [0.4, 0.5) is 23.2 Å². The van der Waals surface area contributed by atoms with Gasteiger partial charge in [-0.2, -0.15) is 13.2 Å². The molecule has 10 heteroatoms. The number of hydrogen-bond donors (Lipinski definition) is 2. The quantitative estimate of drug-likeness (QED) is 0.359. The van der Waals surface area contributed by atoms with Gasteiger partial charge in [0.25, 0.3) is 5.91 Å². The van der Waals surface area contributed by atoms with Crippen molar-refractivity contribution in [3.8, 4) is 0 Å². The van der Waals surface area contributed by atoms with Gasteiger partial charge < -0.3 is 14.9 Å². The summed E-state index contributed by atoms with van der Waals surface area (Å²) >= 11 is 0. The first-order valence-corrected chi connectivity index (χ1v) is 9.83. The molecule has 0 saturated carbocycles. The average molecular weight is 453 g/mol. The molecule has 0 unspecified atom stereocenters. The Kier molecular flexibility index (Phi) is 4.85. The highest BCUT2D eigenvalue weighted by molar-refractivity contribution is 6.06. The van der Waals surface area contributed by atoms with E-state index in [2.05, 4.69) is 20.3 Å². The van der Waals surface area contributed by atoms with E-state index in [1.807, 2.05) is 0 Å². The van der Waals surface area contributed by atoms with Gasteiger partial charge in [-0.3, -0.25) is 4.79 Å². The number of alkyl halides is 3. The van der Waals surface area contributed by atoms with Gasteiger partial charge in [-0.1, -0.05) is 12.1 Å². The van der Waals surface area contributed by atoms with E-state index in [9.17, 15) is 22.4 Å². The van der Waals surface area contributed by atoms with E-state index >= 15 is 0 Å². The molecule has 1 aromatic carbocycles. The number of hydrogen-bond acceptors (Lipinski definition) is 3. The Morgan fingerprint density at radius 3 is 2.67 bits per heavy atom. The number of fused-ring (bicyclic) bond motifs is 2. The second-order valence-electron chi connectivity index (χ2n) is 7.47. The fourth-order valence-corrected chi connectivity index (χ4v) is 3.67. The van der Waals surface area contributed by atoms with Crippen LogP contribution < -0.4 is 5.32 Å². The summed E-state index contributed by atoms with van der Waals surface area (Å²) in [5.74, 6) is -1.03. The summed E-state index contributed by atoms with van der Waals surface area (Å²) in [5.41, 5.74) is 0.924. The Balaban J connectivity index is 1.57. The predicted octanol–water partition coefficient (Wildman–Crippen LogP) is 5.37. The minimum Gasteiger partial charge on any atom is -0.346 e. The molecule has 0 fully saturated rings. The molecule has 0 bridgehead atoms. The number of aromatic nitrogens is 4. The van der Waals surface area contributed by atoms with Crippen LogP contribution in [0.25, 0.3) is 22.1 Å². The molecule has 0 saturated heterocycles. The van der Waals surface area contributed by atoms with E-state index in [1.54, 1.807) is 24.4 Å². The summed E-state index contributed by atoms with van der Waals surface area (Å²) in [6, 6.07) is 11.5. The zero-order valence-electron chi connectivity index (χ0n) is 16.8. The lowest BCUT2D eigenvalue weighted by Crippen LogP contribution is -2.18. The fourth-order valence-electron chi connectivity index (χ4n) is 3.67. The molecule has 4 heterocycles. The number of carbonyl (C=O) groups is 1. The van der Waals surface area contributed by atoms with Crippen molar-refractivity contribution in [3.05, 3.63) is 89.8 Å². The normalized spacial score (nSPS) is 11.9. The van der Waals surface area contributed by atoms with Crippen LogP contribution in [0, 0.1) is 5.82 Å². The largest absolute Gasteiger partial charge is 0.417 e. The lowest BCUT2D eigenvalue weighted by atomic mass is 10.2. The van der Waals surface area contributed by atoms with Gasteiger partial charge in [0, 0.05) is 29.7 Å². The highest BCUT2D eigenvalue weighted by Gasteiger charge is 2.32. The minimum absolute atomic E-state index is 0.0392. The highest BCUT2D eigenvalue weighted by Crippen LogP contribution is 2.32. The van der Waals surface area contributed by atoms with E-state index in [4.69, 9.17) is 0 Å². The average Bonchev–Trinajstić information content (AvgIpc) is 3.37. The summed E-state index contributed by atoms with van der Waals surface area (Å²) in [7, 11) is 0. The number of rotatable bonds is 4. The predicted molar refractivity (Wildman–Crippen MR) is 114 cm³/mol. The zero-order chi connectivity index (χ0) is 23.2. The van der Waals surface area contributed by atoms with Crippen molar-refractivity contribution in [3.63, 3.8) is 0 Å². The summed E-state index contributed by atoms with van der Waals surface area (Å²) in [6.45, 7) is 0.0392. The lowest BCUT2D eigenvalue weighted by molar-refractivity contribution is -0.137. The molecule has 2 N–H and O–H groups in total. The number of aromatic amines is 1. The van der Waals surface area contributed by atoms with Gasteiger partial charge in [0.2, 0.25) is 0 Å². The number of amides is 1. The third-order valence-corrected chi connectivity index (χ3v) is 5.18. The monoisotopic (exact) mass is 453 g/mol. The van der Waals surface area contributed by atoms with Gasteiger partial charge >= 0.3 is 6.18 Å². The molecular formula is C23H15F4N5O. The summed E-state index contributed by atoms with van der Waals surface area (Å²) in [4.78, 5) is 24.3. The molecule has 5 aromatic rings. The summed E-state index contributed by atoms with van der Waals surface area (Å²) in [5, 5.41) is 3.65. The Labute approximate surface area is 183 Å². The Hall–Kier alpha value is -4.21. The number of pyridine rings is 2. The molecule has 0 spiro atoms. The minimum atomic E-state index is -4.58. The van der Waals surface area contributed by atoms with Crippen LogP contribution >= 0.6 is 0 Å². The molecule has 1 amide bonds. The Bertz CT molecular complexity index is 1500. The molecule has 4 aromatic heterocycles. The van der Waals surface area contributed by atoms with Crippen LogP contribution in [0.1, 0.15) is 21.6 Å². The molecule has 0 atom stereocenters. The first-order valence-electron chi connectivity index (χ1n) is 9.83. The number of halogens is 4. The number of nitrogens with zero attached hydrogens (tertiary/aromatic N) is 3. The third-order valence-electron chi connectivity index (χ3n) is 5.18. The Morgan fingerprint density at radius 1 is 1.03 bits per heavy atom. The van der Waals surface area contributed by atoms with Crippen molar-refractivity contribution in [1.29, 1.82) is 0 Å². The smallest absolute Gasteiger partial charge is 0.346 e. The van der Waals surface area contributed by atoms with E-state index in [0.717, 1.165) is 17.6 Å². The SMILES string of the molecule is O=C(Nc1cnc2[nH]ccc2c1)c1cc2cc(C(F)(F)F)cnc2n1Cc1cccc(F)c1. The first kappa shape index (κ1) is 20.7. The molecule has 0 radical (unpaired) electrons. The van der Waals surface area contributed by atoms with Gasteiger partial charge in [0.1, 0.15) is 22.8 Å². The lowest BCUT2D eigenvalue weighted by Gasteiger charge is -2.11. The maximum atomic E-state index is 13.7. The van der Waals surface area contributed by atoms with Gasteiger partial charge in [-0.15, -0.1) is 0 Å². The molecule has 0 aliphatic heterocycles. The maximum Gasteiger partial charge on any atom is 0.417 e. The topological polar surface area (TPSA) is 75.6 Å². The van der Waals surface area contributed by atoms with E-state index in [1.165, 1.54) is 35.0 Å². The van der Waals surface area contributed by atoms with Crippen LogP contribution in [0.15, 0.2) is 67.1 Å². The molecule has 0 aliphatic carbocycles. The van der Waals surface area contributed by atoms with Crippen LogP contribution in [0.5, 0.6) is 0 Å². The fraction of sp³-hybridized carbons (Fsp3) is 0.0870. The van der Waals surface area contributed by atoms with Crippen LogP contribution in [0.2, 0.25) is 0 Å². The van der Waals surface area contributed by atoms with Crippen LogP contribution in [-0.4, -0.2) is 25.4 Å². The standard InChI is InChI=1S/C23H15F4N5O/c24-17-3-1-2-13(6-17)12-32-19(9-15-7-16(23(25,26)27)10-30-21(15)32)22(33)31-18-8-14-4-5-28-20(14)29-11-18/h1-11H,12H2,(H,28,29)(H,31,33). The van der Waals surface area contributed by atoms with Crippen molar-refractivity contribution in [2.45, 2.75) is 12.7 Å². The van der Waals surface area contributed by atoms with E-state index < -0.39 is 23.5 Å². The molecule has 6 nitrogen and oxygen atoms in total. The van der Waals surface area contributed by atoms with Gasteiger partial charge in [-0.25, -0.2) is 14.4 Å². The van der Waals surface area contributed by atoms with Crippen molar-refractivity contribution < 1.29 is 22.4 Å². The zero-order valence-corrected chi connectivity index (χ0v) is 16.8. The number of carbonyl (C=O) groups excluding carboxylic acids is 1. The van der Waals surface area contributed by atoms with Crippen LogP contribution in [0.3, 0.4) is 0 Å². The highest BCUT2D eigenvalue weighted by atomic mass is 19.4. The maximum absolute atomic E-state index is 13.7. The number of anilines is 1. The molecule has 0 aliphatic rings. The van der Waals surface area contributed by atoms with Gasteiger partial charge in [0.15, 0.2) is 0 Å². The Morgan fingerprint density at radius 2 is 1.88 bits per heavy atom. The van der Waals surface area contributed by atoms with Gasteiger partial charge in [-0.05, 0) is 42.0 Å². The summed E-state index contributed by atoms with van der Waals surface area (Å²) in [6.07, 6.45) is -0.678. The molecular weight excluding hydrogens is 438 g/mol. The molecule has 5 rings (SSSR count). The second-order valence-corrected chi connectivity index (χ2v) is 7.47. The van der Waals surface area contributed by atoms with Crippen molar-refractivity contribution in [1.82, 2.24) is 19.5 Å². The van der Waals surface area contributed by atoms with Crippen LogP contribution in [-0.2, 0) is 12.7 Å². The number of H-pyrrole nitrogens is 1.